The number of aliphatic hydroxyl groups is 4. The number of amides is 1. The van der Waals surface area contributed by atoms with Gasteiger partial charge >= 0.3 is 0 Å². The molecule has 1 amide bonds. The maximum atomic E-state index is 12.3. The van der Waals surface area contributed by atoms with Gasteiger partial charge in [-0.15, -0.1) is 0 Å². The molecule has 0 aliphatic carbocycles. The lowest BCUT2D eigenvalue weighted by atomic mass is 9.96. The third-order valence-corrected chi connectivity index (χ3v) is 10.1. The van der Waals surface area contributed by atoms with E-state index >= 15 is 0 Å². The van der Waals surface area contributed by atoms with Gasteiger partial charge < -0.3 is 30.1 Å². The molecule has 0 aromatic heterocycles. The number of likely N-dealkylation sites (N-methyl/N-ethyl adjacent to an activating group) is 1. The van der Waals surface area contributed by atoms with Gasteiger partial charge in [0.25, 0.3) is 0 Å². The van der Waals surface area contributed by atoms with Crippen molar-refractivity contribution in [1.82, 2.24) is 4.90 Å². The van der Waals surface area contributed by atoms with Gasteiger partial charge in [0.2, 0.25) is 5.91 Å². The van der Waals surface area contributed by atoms with Crippen LogP contribution in [0.5, 0.6) is 5.75 Å². The number of hydrogen-bond donors (Lipinski definition) is 5. The van der Waals surface area contributed by atoms with Crippen molar-refractivity contribution in [2.75, 3.05) is 32.3 Å². The summed E-state index contributed by atoms with van der Waals surface area (Å²) in [6, 6.07) is 13.5. The van der Waals surface area contributed by atoms with Crippen LogP contribution in [0.3, 0.4) is 0 Å². The summed E-state index contributed by atoms with van der Waals surface area (Å²) in [5.74, 6) is 1.18. The summed E-state index contributed by atoms with van der Waals surface area (Å²) >= 11 is 6.49. The van der Waals surface area contributed by atoms with Gasteiger partial charge in [0.05, 0.1) is 31.0 Å². The van der Waals surface area contributed by atoms with Crippen LogP contribution in [0.4, 0.5) is 0 Å². The predicted octanol–water partition coefficient (Wildman–Crippen LogP) is 3.09. The molecule has 4 N–H and O–H groups in total. The number of nitrogens with zero attached hydrogens (tertiary/aromatic N) is 1. The van der Waals surface area contributed by atoms with Crippen molar-refractivity contribution in [3.8, 4) is 5.75 Å². The standard InChI is InChI=1S/C28H40ClNO6S/c1-28(2,17-31)30(3)24(33)6-5-13-36-21-10-7-18(8-11-21)14-20-15-19(9-12-22(20)29)27-26(35)25(34)23(32)16-37(27)4/h7-12,15,23,25-27,31-32,34-35,37H,5-6,13-14,16-17H2,1-4H3/t23-,25-,26-,27+/m1/s1. The summed E-state index contributed by atoms with van der Waals surface area (Å²) in [4.78, 5) is 13.9. The molecule has 1 fully saturated rings. The zero-order valence-corrected chi connectivity index (χ0v) is 23.6. The molecule has 0 bridgehead atoms. The molecular formula is C28H40ClNO6S. The van der Waals surface area contributed by atoms with E-state index in [2.05, 4.69) is 0 Å². The van der Waals surface area contributed by atoms with Crippen molar-refractivity contribution in [1.29, 1.82) is 0 Å². The summed E-state index contributed by atoms with van der Waals surface area (Å²) in [7, 11) is 1.00. The van der Waals surface area contributed by atoms with E-state index in [-0.39, 0.29) is 17.8 Å². The number of aliphatic hydroxyl groups excluding tert-OH is 4. The Balaban J connectivity index is 1.57. The number of thiol groups is 1. The fraction of sp³-hybridized carbons (Fsp3) is 0.536. The molecule has 0 radical (unpaired) electrons. The summed E-state index contributed by atoms with van der Waals surface area (Å²) in [5.41, 5.74) is 2.31. The molecule has 206 valence electrons. The molecule has 1 aliphatic rings. The van der Waals surface area contributed by atoms with Crippen LogP contribution >= 0.6 is 22.5 Å². The molecule has 0 saturated carbocycles. The van der Waals surface area contributed by atoms with Crippen LogP contribution in [0.1, 0.15) is 48.6 Å². The molecule has 37 heavy (non-hydrogen) atoms. The number of carbonyl (C=O) groups is 1. The lowest BCUT2D eigenvalue weighted by Gasteiger charge is -2.42. The summed E-state index contributed by atoms with van der Waals surface area (Å²) in [6.07, 6.45) is 0.505. The van der Waals surface area contributed by atoms with E-state index < -0.39 is 34.7 Å². The maximum absolute atomic E-state index is 12.3. The highest BCUT2D eigenvalue weighted by atomic mass is 35.5. The Kier molecular flexibility index (Phi) is 10.3. The van der Waals surface area contributed by atoms with E-state index in [1.807, 2.05) is 62.6 Å². The molecule has 1 unspecified atom stereocenters. The summed E-state index contributed by atoms with van der Waals surface area (Å²) in [5, 5.41) is 40.7. The molecule has 2 aromatic carbocycles. The molecule has 1 saturated heterocycles. The molecular weight excluding hydrogens is 514 g/mol. The second-order valence-corrected chi connectivity index (χ2v) is 13.3. The quantitative estimate of drug-likeness (QED) is 0.228. The highest BCUT2D eigenvalue weighted by Gasteiger charge is 2.40. The normalized spacial score (nSPS) is 25.1. The zero-order valence-electron chi connectivity index (χ0n) is 22.0. The number of benzene rings is 2. The van der Waals surface area contributed by atoms with Crippen molar-refractivity contribution < 1.29 is 30.0 Å². The Morgan fingerprint density at radius 3 is 2.46 bits per heavy atom. The second kappa shape index (κ2) is 12.8. The Morgan fingerprint density at radius 1 is 1.14 bits per heavy atom. The molecule has 9 heteroatoms. The monoisotopic (exact) mass is 553 g/mol. The molecule has 7 nitrogen and oxygen atoms in total. The Bertz CT molecular complexity index is 1050. The van der Waals surface area contributed by atoms with Crippen LogP contribution in [0, 0.1) is 0 Å². The lowest BCUT2D eigenvalue weighted by Crippen LogP contribution is -2.47. The van der Waals surface area contributed by atoms with Gasteiger partial charge in [0, 0.05) is 29.5 Å². The van der Waals surface area contributed by atoms with Crippen LogP contribution in [-0.4, -0.2) is 87.4 Å². The van der Waals surface area contributed by atoms with Gasteiger partial charge in [-0.05, 0) is 67.8 Å². The van der Waals surface area contributed by atoms with Crippen molar-refractivity contribution in [3.05, 3.63) is 64.2 Å². The second-order valence-electron chi connectivity index (χ2n) is 10.5. The molecule has 3 rings (SSSR count). The van der Waals surface area contributed by atoms with Crippen molar-refractivity contribution >= 4 is 28.4 Å². The van der Waals surface area contributed by atoms with E-state index in [0.717, 1.165) is 22.4 Å². The molecule has 1 aliphatic heterocycles. The van der Waals surface area contributed by atoms with Crippen molar-refractivity contribution in [2.24, 2.45) is 0 Å². The first-order valence-corrected chi connectivity index (χ1v) is 15.0. The number of halogens is 1. The van der Waals surface area contributed by atoms with Crippen LogP contribution in [0.2, 0.25) is 5.02 Å². The highest BCUT2D eigenvalue weighted by molar-refractivity contribution is 8.16. The minimum absolute atomic E-state index is 0.0285. The molecule has 0 spiro atoms. The van der Waals surface area contributed by atoms with Crippen molar-refractivity contribution in [2.45, 2.75) is 62.2 Å². The van der Waals surface area contributed by atoms with Gasteiger partial charge in [-0.3, -0.25) is 4.79 Å². The van der Waals surface area contributed by atoms with Gasteiger partial charge in [0.1, 0.15) is 11.9 Å². The number of rotatable bonds is 10. The van der Waals surface area contributed by atoms with E-state index in [0.29, 0.717) is 36.6 Å². The Morgan fingerprint density at radius 2 is 1.81 bits per heavy atom. The van der Waals surface area contributed by atoms with Crippen LogP contribution in [0.25, 0.3) is 0 Å². The average Bonchev–Trinajstić information content (AvgIpc) is 2.87. The molecule has 1 heterocycles. The lowest BCUT2D eigenvalue weighted by molar-refractivity contribution is -0.136. The molecule has 5 atom stereocenters. The van der Waals surface area contributed by atoms with Crippen molar-refractivity contribution in [3.63, 3.8) is 0 Å². The third-order valence-electron chi connectivity index (χ3n) is 7.22. The topological polar surface area (TPSA) is 110 Å². The zero-order chi connectivity index (χ0) is 27.3. The number of carbonyl (C=O) groups excluding carboxylic acids is 1. The SMILES string of the molecule is CN(C(=O)CCCOc1ccc(Cc2cc([C@H]3[C@H](O)[C@H](O)[C@H](O)C[SH]3C)ccc2Cl)cc1)C(C)(C)CO. The minimum atomic E-state index is -1.15. The summed E-state index contributed by atoms with van der Waals surface area (Å²) in [6.45, 7) is 3.96. The van der Waals surface area contributed by atoms with Crippen LogP contribution < -0.4 is 4.74 Å². The van der Waals surface area contributed by atoms with Gasteiger partial charge in [-0.2, -0.15) is 0 Å². The first-order chi connectivity index (χ1) is 17.4. The minimum Gasteiger partial charge on any atom is -0.494 e. The predicted molar refractivity (Wildman–Crippen MR) is 150 cm³/mol. The number of hydrogen-bond acceptors (Lipinski definition) is 6. The van der Waals surface area contributed by atoms with Gasteiger partial charge in [0.15, 0.2) is 0 Å². The van der Waals surface area contributed by atoms with E-state index in [1.54, 1.807) is 11.9 Å². The fourth-order valence-electron chi connectivity index (χ4n) is 4.51. The van der Waals surface area contributed by atoms with E-state index in [9.17, 15) is 25.2 Å². The third kappa shape index (κ3) is 7.40. The Hall–Kier alpha value is -1.81. The highest BCUT2D eigenvalue weighted by Crippen LogP contribution is 2.48. The van der Waals surface area contributed by atoms with Gasteiger partial charge in [-0.25, -0.2) is 10.9 Å². The maximum Gasteiger partial charge on any atom is 0.222 e. The smallest absolute Gasteiger partial charge is 0.222 e. The first-order valence-electron chi connectivity index (χ1n) is 12.6. The Labute approximate surface area is 227 Å². The average molecular weight is 554 g/mol. The summed E-state index contributed by atoms with van der Waals surface area (Å²) < 4.78 is 5.80. The van der Waals surface area contributed by atoms with Crippen LogP contribution in [-0.2, 0) is 11.2 Å². The fourth-order valence-corrected chi connectivity index (χ4v) is 7.09. The van der Waals surface area contributed by atoms with E-state index in [4.69, 9.17) is 16.3 Å². The largest absolute Gasteiger partial charge is 0.494 e. The first kappa shape index (κ1) is 29.7. The van der Waals surface area contributed by atoms with Crippen LogP contribution in [0.15, 0.2) is 42.5 Å². The van der Waals surface area contributed by atoms with E-state index in [1.165, 1.54) is 0 Å². The molecule has 2 aromatic rings. The number of ether oxygens (including phenoxy) is 1. The van der Waals surface area contributed by atoms with Gasteiger partial charge in [-0.1, -0.05) is 35.9 Å².